The van der Waals surface area contributed by atoms with Gasteiger partial charge in [-0.15, -0.1) is 11.3 Å². The van der Waals surface area contributed by atoms with Crippen LogP contribution in [0.25, 0.3) is 48.7 Å². The summed E-state index contributed by atoms with van der Waals surface area (Å²) in [6.07, 6.45) is 0. The molecule has 6 rings (SSSR count). The second-order valence-electron chi connectivity index (χ2n) is 7.87. The largest absolute Gasteiger partial charge is 0.309 e. The fourth-order valence-corrected chi connectivity index (χ4v) is 5.35. The monoisotopic (exact) mass is 427 g/mol. The molecule has 2 heteroatoms. The lowest BCUT2D eigenvalue weighted by molar-refractivity contribution is 1.09. The molecule has 0 fully saturated rings. The van der Waals surface area contributed by atoms with Gasteiger partial charge in [0, 0.05) is 15.3 Å². The van der Waals surface area contributed by atoms with Gasteiger partial charge in [0.2, 0.25) is 0 Å². The highest BCUT2D eigenvalue weighted by Gasteiger charge is 2.14. The molecule has 0 atom stereocenters. The third kappa shape index (κ3) is 3.35. The molecule has 2 aromatic heterocycles. The fraction of sp³-hybridized carbons (Fsp3) is 0. The van der Waals surface area contributed by atoms with Crippen molar-refractivity contribution in [2.24, 2.45) is 0 Å². The van der Waals surface area contributed by atoms with Crippen LogP contribution in [0.15, 0.2) is 127 Å². The van der Waals surface area contributed by atoms with Gasteiger partial charge in [-0.3, -0.25) is 0 Å². The minimum Gasteiger partial charge on any atom is -0.309 e. The highest BCUT2D eigenvalue weighted by molar-refractivity contribution is 7.22. The summed E-state index contributed by atoms with van der Waals surface area (Å²) in [5.41, 5.74) is 7.24. The first-order valence-corrected chi connectivity index (χ1v) is 11.6. The standard InChI is InChI=1S/C30H21NS/c1-3-9-22(10-4-1)27-19-20-28(31(27)26-12-5-2-6-13-26)23-15-17-24(18-16-23)30-21-25-11-7-8-14-29(25)32-30/h1-21H. The summed E-state index contributed by atoms with van der Waals surface area (Å²) in [5, 5.41) is 1.31. The van der Waals surface area contributed by atoms with Gasteiger partial charge in [-0.05, 0) is 58.5 Å². The number of nitrogens with zero attached hydrogens (tertiary/aromatic N) is 1. The lowest BCUT2D eigenvalue weighted by Gasteiger charge is -2.14. The second kappa shape index (κ2) is 7.99. The first-order valence-electron chi connectivity index (χ1n) is 10.8. The van der Waals surface area contributed by atoms with E-state index >= 15 is 0 Å². The molecule has 0 spiro atoms. The van der Waals surface area contributed by atoms with Crippen LogP contribution in [0.5, 0.6) is 0 Å². The zero-order chi connectivity index (χ0) is 21.3. The summed E-state index contributed by atoms with van der Waals surface area (Å²) in [5.74, 6) is 0. The summed E-state index contributed by atoms with van der Waals surface area (Å²) < 4.78 is 3.68. The van der Waals surface area contributed by atoms with Gasteiger partial charge in [0.15, 0.2) is 0 Å². The average Bonchev–Trinajstić information content (AvgIpc) is 3.50. The van der Waals surface area contributed by atoms with Crippen molar-refractivity contribution in [1.82, 2.24) is 4.57 Å². The van der Waals surface area contributed by atoms with Gasteiger partial charge >= 0.3 is 0 Å². The molecule has 1 nitrogen and oxygen atoms in total. The number of para-hydroxylation sites is 1. The van der Waals surface area contributed by atoms with Crippen molar-refractivity contribution < 1.29 is 0 Å². The van der Waals surface area contributed by atoms with E-state index in [0.717, 1.165) is 0 Å². The fourth-order valence-electron chi connectivity index (χ4n) is 4.28. The third-order valence-corrected chi connectivity index (χ3v) is 7.02. The Kier molecular flexibility index (Phi) is 4.71. The average molecular weight is 428 g/mol. The van der Waals surface area contributed by atoms with Gasteiger partial charge in [0.1, 0.15) is 0 Å². The Morgan fingerprint density at radius 2 is 1.03 bits per heavy atom. The highest BCUT2D eigenvalue weighted by Crippen LogP contribution is 2.36. The van der Waals surface area contributed by atoms with Crippen molar-refractivity contribution >= 4 is 21.4 Å². The van der Waals surface area contributed by atoms with Crippen LogP contribution in [0.4, 0.5) is 0 Å². The van der Waals surface area contributed by atoms with Gasteiger partial charge in [0.05, 0.1) is 11.4 Å². The molecule has 0 aliphatic heterocycles. The first-order chi connectivity index (χ1) is 15.9. The molecule has 32 heavy (non-hydrogen) atoms. The van der Waals surface area contributed by atoms with Crippen molar-refractivity contribution in [2.45, 2.75) is 0 Å². The maximum atomic E-state index is 2.35. The molecule has 0 amide bonds. The molecule has 152 valence electrons. The molecule has 0 radical (unpaired) electrons. The van der Waals surface area contributed by atoms with E-state index < -0.39 is 0 Å². The van der Waals surface area contributed by atoms with E-state index in [0.29, 0.717) is 0 Å². The minimum absolute atomic E-state index is 1.17. The van der Waals surface area contributed by atoms with E-state index in [-0.39, 0.29) is 0 Å². The number of hydrogen-bond donors (Lipinski definition) is 0. The number of aromatic nitrogens is 1. The van der Waals surface area contributed by atoms with Crippen molar-refractivity contribution in [2.75, 3.05) is 0 Å². The van der Waals surface area contributed by atoms with Gasteiger partial charge in [-0.1, -0.05) is 91.0 Å². The van der Waals surface area contributed by atoms with Crippen molar-refractivity contribution in [3.05, 3.63) is 127 Å². The van der Waals surface area contributed by atoms with Gasteiger partial charge in [-0.25, -0.2) is 0 Å². The molecule has 4 aromatic carbocycles. The van der Waals surface area contributed by atoms with Crippen molar-refractivity contribution in [1.29, 1.82) is 0 Å². The van der Waals surface area contributed by atoms with Crippen LogP contribution in [0.3, 0.4) is 0 Å². The Bertz CT molecular complexity index is 1460. The molecular weight excluding hydrogens is 406 g/mol. The molecule has 6 aromatic rings. The maximum absolute atomic E-state index is 2.35. The van der Waals surface area contributed by atoms with Crippen LogP contribution < -0.4 is 0 Å². The van der Waals surface area contributed by atoms with Gasteiger partial charge in [-0.2, -0.15) is 0 Å². The molecule has 0 aliphatic rings. The zero-order valence-electron chi connectivity index (χ0n) is 17.5. The Hall–Kier alpha value is -3.88. The Balaban J connectivity index is 1.45. The van der Waals surface area contributed by atoms with E-state index in [2.05, 4.69) is 132 Å². The third-order valence-electron chi connectivity index (χ3n) is 5.86. The summed E-state index contributed by atoms with van der Waals surface area (Å²) in [6, 6.07) is 45.5. The van der Waals surface area contributed by atoms with Crippen LogP contribution in [-0.2, 0) is 0 Å². The number of benzene rings is 4. The number of fused-ring (bicyclic) bond motifs is 1. The van der Waals surface area contributed by atoms with Crippen LogP contribution in [0.1, 0.15) is 0 Å². The van der Waals surface area contributed by atoms with Crippen molar-refractivity contribution in [3.8, 4) is 38.6 Å². The van der Waals surface area contributed by atoms with E-state index in [9.17, 15) is 0 Å². The Morgan fingerprint density at radius 3 is 1.72 bits per heavy atom. The number of hydrogen-bond acceptors (Lipinski definition) is 1. The maximum Gasteiger partial charge on any atom is 0.0535 e. The molecule has 0 aliphatic carbocycles. The zero-order valence-corrected chi connectivity index (χ0v) is 18.3. The van der Waals surface area contributed by atoms with Crippen molar-refractivity contribution in [3.63, 3.8) is 0 Å². The lowest BCUT2D eigenvalue weighted by Crippen LogP contribution is -1.99. The smallest absolute Gasteiger partial charge is 0.0535 e. The summed E-state index contributed by atoms with van der Waals surface area (Å²) in [4.78, 5) is 1.31. The molecule has 0 N–H and O–H groups in total. The topological polar surface area (TPSA) is 4.93 Å². The molecule has 0 unspecified atom stereocenters. The Labute approximate surface area is 191 Å². The first kappa shape index (κ1) is 18.9. The van der Waals surface area contributed by atoms with E-state index in [4.69, 9.17) is 0 Å². The molecule has 2 heterocycles. The summed E-state index contributed by atoms with van der Waals surface area (Å²) >= 11 is 1.85. The molecule has 0 saturated heterocycles. The van der Waals surface area contributed by atoms with Crippen LogP contribution in [0, 0.1) is 0 Å². The number of thiophene rings is 1. The second-order valence-corrected chi connectivity index (χ2v) is 8.95. The van der Waals surface area contributed by atoms with Gasteiger partial charge in [0.25, 0.3) is 0 Å². The molecule has 0 saturated carbocycles. The van der Waals surface area contributed by atoms with Crippen LogP contribution >= 0.6 is 11.3 Å². The van der Waals surface area contributed by atoms with E-state index in [1.54, 1.807) is 0 Å². The predicted molar refractivity (Wildman–Crippen MR) is 137 cm³/mol. The SMILES string of the molecule is c1ccc(-c2ccc(-c3ccc(-c4cc5ccccc5s4)cc3)n2-c2ccccc2)cc1. The molecular formula is C30H21NS. The van der Waals surface area contributed by atoms with Gasteiger partial charge < -0.3 is 4.57 Å². The normalized spacial score (nSPS) is 11.1. The lowest BCUT2D eigenvalue weighted by atomic mass is 10.1. The quantitative estimate of drug-likeness (QED) is 0.265. The minimum atomic E-state index is 1.17. The number of rotatable bonds is 4. The van der Waals surface area contributed by atoms with E-state index in [1.165, 1.54) is 48.7 Å². The highest BCUT2D eigenvalue weighted by atomic mass is 32.1. The summed E-state index contributed by atoms with van der Waals surface area (Å²) in [7, 11) is 0. The van der Waals surface area contributed by atoms with Crippen LogP contribution in [-0.4, -0.2) is 4.57 Å². The predicted octanol–water partition coefficient (Wildman–Crippen LogP) is 8.69. The molecule has 0 bridgehead atoms. The summed E-state index contributed by atoms with van der Waals surface area (Å²) in [6.45, 7) is 0. The Morgan fingerprint density at radius 1 is 0.469 bits per heavy atom. The van der Waals surface area contributed by atoms with E-state index in [1.807, 2.05) is 11.3 Å². The van der Waals surface area contributed by atoms with Crippen LogP contribution in [0.2, 0.25) is 0 Å².